The van der Waals surface area contributed by atoms with Crippen molar-refractivity contribution >= 4 is 15.9 Å². The molecule has 0 atom stereocenters. The van der Waals surface area contributed by atoms with Gasteiger partial charge in [-0.3, -0.25) is 4.68 Å². The van der Waals surface area contributed by atoms with Crippen LogP contribution in [0.15, 0.2) is 41.1 Å². The van der Waals surface area contributed by atoms with Crippen molar-refractivity contribution in [3.8, 4) is 5.75 Å². The lowest BCUT2D eigenvalue weighted by molar-refractivity contribution is 0.291. The van der Waals surface area contributed by atoms with Gasteiger partial charge in [0.15, 0.2) is 0 Å². The Morgan fingerprint density at radius 3 is 2.65 bits per heavy atom. The highest BCUT2D eigenvalue weighted by Gasteiger charge is 1.99. The number of rotatable bonds is 7. The van der Waals surface area contributed by atoms with E-state index in [0.717, 1.165) is 23.3 Å². The van der Waals surface area contributed by atoms with Crippen LogP contribution in [0.3, 0.4) is 0 Å². The summed E-state index contributed by atoms with van der Waals surface area (Å²) >= 11 is 3.37. The number of nitrogens with zero attached hydrogens (tertiary/aromatic N) is 2. The van der Waals surface area contributed by atoms with Crippen molar-refractivity contribution < 1.29 is 4.74 Å². The van der Waals surface area contributed by atoms with Crippen LogP contribution in [0.5, 0.6) is 5.75 Å². The molecule has 0 radical (unpaired) electrons. The molecule has 20 heavy (non-hydrogen) atoms. The van der Waals surface area contributed by atoms with Crippen LogP contribution in [0.4, 0.5) is 0 Å². The third-order valence-corrected chi connectivity index (χ3v) is 3.24. The Labute approximate surface area is 128 Å². The fourth-order valence-corrected chi connectivity index (χ4v) is 2.07. The van der Waals surface area contributed by atoms with E-state index in [1.165, 1.54) is 5.56 Å². The summed E-state index contributed by atoms with van der Waals surface area (Å²) in [5.41, 5.74) is 1.27. The minimum Gasteiger partial charge on any atom is -0.492 e. The second kappa shape index (κ2) is 7.45. The second-order valence-electron chi connectivity index (χ2n) is 4.95. The maximum atomic E-state index is 5.70. The largest absolute Gasteiger partial charge is 0.492 e. The lowest BCUT2D eigenvalue weighted by atomic mass is 10.2. The van der Waals surface area contributed by atoms with Gasteiger partial charge in [-0.05, 0) is 33.6 Å². The van der Waals surface area contributed by atoms with Crippen molar-refractivity contribution in [1.82, 2.24) is 15.1 Å². The molecule has 0 unspecified atom stereocenters. The summed E-state index contributed by atoms with van der Waals surface area (Å²) in [4.78, 5) is 0. The number of aromatic nitrogens is 2. The molecule has 0 amide bonds. The molecule has 1 aromatic carbocycles. The van der Waals surface area contributed by atoms with Crippen molar-refractivity contribution in [2.45, 2.75) is 33.0 Å². The van der Waals surface area contributed by atoms with E-state index >= 15 is 0 Å². The summed E-state index contributed by atoms with van der Waals surface area (Å²) in [6.07, 6.45) is 3.71. The van der Waals surface area contributed by atoms with Crippen molar-refractivity contribution in [3.05, 3.63) is 46.7 Å². The highest BCUT2D eigenvalue weighted by molar-refractivity contribution is 9.10. The average Bonchev–Trinajstić information content (AvgIpc) is 2.83. The van der Waals surface area contributed by atoms with E-state index in [-0.39, 0.29) is 0 Å². The van der Waals surface area contributed by atoms with E-state index in [2.05, 4.69) is 52.3 Å². The van der Waals surface area contributed by atoms with Gasteiger partial charge in [0.2, 0.25) is 0 Å². The predicted octanol–water partition coefficient (Wildman–Crippen LogP) is 3.22. The van der Waals surface area contributed by atoms with Crippen LogP contribution in [0.25, 0.3) is 0 Å². The molecule has 4 nitrogen and oxygen atoms in total. The molecule has 0 saturated carbocycles. The monoisotopic (exact) mass is 337 g/mol. The van der Waals surface area contributed by atoms with Gasteiger partial charge in [-0.25, -0.2) is 0 Å². The molecule has 0 aliphatic carbocycles. The van der Waals surface area contributed by atoms with Crippen molar-refractivity contribution in [2.24, 2.45) is 0 Å². The van der Waals surface area contributed by atoms with Gasteiger partial charge < -0.3 is 10.1 Å². The molecule has 0 aliphatic rings. The van der Waals surface area contributed by atoms with Crippen molar-refractivity contribution in [1.29, 1.82) is 0 Å². The first kappa shape index (κ1) is 15.1. The molecule has 0 saturated heterocycles. The number of benzene rings is 1. The Balaban J connectivity index is 1.76. The number of hydrogen-bond donors (Lipinski definition) is 1. The Kier molecular flexibility index (Phi) is 5.61. The number of hydrogen-bond acceptors (Lipinski definition) is 3. The SMILES string of the molecule is CC(C)NCc1ccc(OCCn2cc(Br)cn2)cc1. The van der Waals surface area contributed by atoms with Crippen LogP contribution in [0.1, 0.15) is 19.4 Å². The lowest BCUT2D eigenvalue weighted by Gasteiger charge is -2.09. The van der Waals surface area contributed by atoms with Crippen molar-refractivity contribution in [3.63, 3.8) is 0 Å². The topological polar surface area (TPSA) is 39.1 Å². The molecular weight excluding hydrogens is 318 g/mol. The zero-order valence-electron chi connectivity index (χ0n) is 11.8. The zero-order valence-corrected chi connectivity index (χ0v) is 13.4. The zero-order chi connectivity index (χ0) is 14.4. The summed E-state index contributed by atoms with van der Waals surface area (Å²) in [7, 11) is 0. The summed E-state index contributed by atoms with van der Waals surface area (Å²) < 4.78 is 8.54. The summed E-state index contributed by atoms with van der Waals surface area (Å²) in [6, 6.07) is 8.70. The summed E-state index contributed by atoms with van der Waals surface area (Å²) in [5, 5.41) is 7.57. The van der Waals surface area contributed by atoms with Crippen LogP contribution >= 0.6 is 15.9 Å². The van der Waals surface area contributed by atoms with E-state index in [0.29, 0.717) is 12.6 Å². The maximum Gasteiger partial charge on any atom is 0.119 e. The second-order valence-corrected chi connectivity index (χ2v) is 5.87. The molecule has 0 bridgehead atoms. The van der Waals surface area contributed by atoms with Gasteiger partial charge >= 0.3 is 0 Å². The first-order valence-corrected chi connectivity index (χ1v) is 7.56. The standard InChI is InChI=1S/C15H20BrN3O/c1-12(2)17-9-13-3-5-15(6-4-13)20-8-7-19-11-14(16)10-18-19/h3-6,10-12,17H,7-9H2,1-2H3. The van der Waals surface area contributed by atoms with Gasteiger partial charge in [0, 0.05) is 18.8 Å². The molecule has 2 aromatic rings. The molecule has 108 valence electrons. The molecule has 5 heteroatoms. The smallest absolute Gasteiger partial charge is 0.119 e. The van der Waals surface area contributed by atoms with Gasteiger partial charge in [0.1, 0.15) is 12.4 Å². The average molecular weight is 338 g/mol. The van der Waals surface area contributed by atoms with Crippen LogP contribution < -0.4 is 10.1 Å². The van der Waals surface area contributed by atoms with Gasteiger partial charge in [-0.2, -0.15) is 5.10 Å². The molecule has 0 spiro atoms. The first-order valence-electron chi connectivity index (χ1n) is 6.76. The van der Waals surface area contributed by atoms with Crippen LogP contribution in [-0.4, -0.2) is 22.4 Å². The number of nitrogens with one attached hydrogen (secondary N) is 1. The van der Waals surface area contributed by atoms with Gasteiger partial charge in [-0.15, -0.1) is 0 Å². The minimum absolute atomic E-state index is 0.499. The molecular formula is C15H20BrN3O. The molecule has 1 aromatic heterocycles. The molecule has 1 heterocycles. The highest BCUT2D eigenvalue weighted by Crippen LogP contribution is 2.12. The van der Waals surface area contributed by atoms with Gasteiger partial charge in [0.05, 0.1) is 17.2 Å². The molecule has 0 fully saturated rings. The van der Waals surface area contributed by atoms with Crippen molar-refractivity contribution in [2.75, 3.05) is 6.61 Å². The fraction of sp³-hybridized carbons (Fsp3) is 0.400. The van der Waals surface area contributed by atoms with E-state index in [1.54, 1.807) is 6.20 Å². The van der Waals surface area contributed by atoms with Crippen LogP contribution in [-0.2, 0) is 13.1 Å². The lowest BCUT2D eigenvalue weighted by Crippen LogP contribution is -2.21. The maximum absolute atomic E-state index is 5.70. The first-order chi connectivity index (χ1) is 9.63. The highest BCUT2D eigenvalue weighted by atomic mass is 79.9. The fourth-order valence-electron chi connectivity index (χ4n) is 1.74. The minimum atomic E-state index is 0.499. The van der Waals surface area contributed by atoms with Crippen LogP contribution in [0, 0.1) is 0 Å². The van der Waals surface area contributed by atoms with Crippen LogP contribution in [0.2, 0.25) is 0 Å². The Bertz CT molecular complexity index is 522. The summed E-state index contributed by atoms with van der Waals surface area (Å²) in [5.74, 6) is 0.893. The molecule has 0 aliphatic heterocycles. The van der Waals surface area contributed by atoms with E-state index in [9.17, 15) is 0 Å². The predicted molar refractivity (Wildman–Crippen MR) is 83.8 cm³/mol. The van der Waals surface area contributed by atoms with E-state index < -0.39 is 0 Å². The van der Waals surface area contributed by atoms with E-state index in [4.69, 9.17) is 4.74 Å². The Morgan fingerprint density at radius 1 is 1.30 bits per heavy atom. The number of halogens is 1. The Morgan fingerprint density at radius 2 is 2.05 bits per heavy atom. The third-order valence-electron chi connectivity index (χ3n) is 2.83. The quantitative estimate of drug-likeness (QED) is 0.843. The van der Waals surface area contributed by atoms with Gasteiger partial charge in [0.25, 0.3) is 0 Å². The number of ether oxygens (including phenoxy) is 1. The normalized spacial score (nSPS) is 11.0. The summed E-state index contributed by atoms with van der Waals surface area (Å²) in [6.45, 7) is 6.52. The van der Waals surface area contributed by atoms with Gasteiger partial charge in [-0.1, -0.05) is 26.0 Å². The third kappa shape index (κ3) is 4.98. The Hall–Kier alpha value is -1.33. The van der Waals surface area contributed by atoms with E-state index in [1.807, 2.05) is 23.0 Å². The molecule has 2 rings (SSSR count). The molecule has 1 N–H and O–H groups in total.